The number of rotatable bonds is 4. The largest absolute Gasteiger partial charge is 0.477 e. The monoisotopic (exact) mass is 311 g/mol. The van der Waals surface area contributed by atoms with Crippen molar-refractivity contribution in [3.63, 3.8) is 0 Å². The lowest BCUT2D eigenvalue weighted by molar-refractivity contribution is 0.0701. The normalized spacial score (nSPS) is 12.2. The number of aromatic nitrogens is 2. The highest BCUT2D eigenvalue weighted by atomic mass is 32.1. The first-order chi connectivity index (χ1) is 9.40. The van der Waals surface area contributed by atoms with Gasteiger partial charge in [0.1, 0.15) is 9.88 Å². The highest BCUT2D eigenvalue weighted by Crippen LogP contribution is 2.24. The Hall–Kier alpha value is -1.80. The minimum absolute atomic E-state index is 0.203. The molecule has 0 aromatic carbocycles. The zero-order chi connectivity index (χ0) is 14.9. The Labute approximate surface area is 123 Å². The van der Waals surface area contributed by atoms with E-state index in [1.54, 1.807) is 26.2 Å². The molecule has 2 rings (SSSR count). The van der Waals surface area contributed by atoms with E-state index in [9.17, 15) is 9.59 Å². The van der Waals surface area contributed by atoms with Crippen molar-refractivity contribution < 1.29 is 14.7 Å². The molecular formula is C12H13N3O3S2. The van der Waals surface area contributed by atoms with Crippen molar-refractivity contribution in [3.05, 3.63) is 32.2 Å². The third kappa shape index (κ3) is 2.86. The zero-order valence-electron chi connectivity index (χ0n) is 11.1. The number of nitrogens with one attached hydrogen (secondary N) is 1. The molecule has 1 unspecified atom stereocenters. The Bertz CT molecular complexity index is 663. The maximum Gasteiger partial charge on any atom is 0.347 e. The quantitative estimate of drug-likeness (QED) is 0.904. The smallest absolute Gasteiger partial charge is 0.347 e. The van der Waals surface area contributed by atoms with E-state index < -0.39 is 5.97 Å². The molecule has 1 atom stereocenters. The van der Waals surface area contributed by atoms with E-state index in [4.69, 9.17) is 5.11 Å². The fourth-order valence-electron chi connectivity index (χ4n) is 1.65. The van der Waals surface area contributed by atoms with E-state index in [0.29, 0.717) is 22.0 Å². The number of thiazole rings is 1. The number of carbonyl (C=O) groups is 2. The molecule has 0 saturated carbocycles. The summed E-state index contributed by atoms with van der Waals surface area (Å²) < 4.78 is 4.05. The van der Waals surface area contributed by atoms with Gasteiger partial charge >= 0.3 is 5.97 Å². The van der Waals surface area contributed by atoms with Gasteiger partial charge in [-0.05, 0) is 32.3 Å². The molecule has 20 heavy (non-hydrogen) atoms. The first-order valence-electron chi connectivity index (χ1n) is 5.82. The van der Waals surface area contributed by atoms with Crippen molar-refractivity contribution in [2.45, 2.75) is 26.8 Å². The summed E-state index contributed by atoms with van der Waals surface area (Å²) in [6, 6.07) is -0.349. The van der Waals surface area contributed by atoms with Crippen molar-refractivity contribution in [1.82, 2.24) is 14.7 Å². The average Bonchev–Trinajstić information content (AvgIpc) is 2.95. The van der Waals surface area contributed by atoms with Gasteiger partial charge in [-0.25, -0.2) is 9.78 Å². The fourth-order valence-corrected chi connectivity index (χ4v) is 3.25. The van der Waals surface area contributed by atoms with Crippen LogP contribution in [0, 0.1) is 13.8 Å². The lowest BCUT2D eigenvalue weighted by Gasteiger charge is -2.10. The number of aryl methyl sites for hydroxylation is 2. The van der Waals surface area contributed by atoms with Gasteiger partial charge in [0.05, 0.1) is 23.0 Å². The SMILES string of the molecule is Cc1nscc1C(=O)NC(C)c1nc(C)c(C(=O)O)s1. The highest BCUT2D eigenvalue weighted by molar-refractivity contribution is 7.13. The van der Waals surface area contributed by atoms with Crippen LogP contribution >= 0.6 is 22.9 Å². The molecule has 0 spiro atoms. The molecule has 2 aromatic heterocycles. The third-order valence-corrected chi connectivity index (χ3v) is 4.77. The molecule has 0 radical (unpaired) electrons. The Balaban J connectivity index is 2.14. The van der Waals surface area contributed by atoms with Crippen LogP contribution in [-0.4, -0.2) is 26.3 Å². The number of hydrogen-bond donors (Lipinski definition) is 2. The van der Waals surface area contributed by atoms with E-state index in [0.717, 1.165) is 11.3 Å². The highest BCUT2D eigenvalue weighted by Gasteiger charge is 2.20. The molecule has 0 fully saturated rings. The van der Waals surface area contributed by atoms with Gasteiger partial charge in [0.25, 0.3) is 5.91 Å². The molecular weight excluding hydrogens is 298 g/mol. The van der Waals surface area contributed by atoms with Gasteiger partial charge < -0.3 is 10.4 Å². The van der Waals surface area contributed by atoms with Gasteiger partial charge in [0, 0.05) is 5.38 Å². The molecule has 6 nitrogen and oxygen atoms in total. The summed E-state index contributed by atoms with van der Waals surface area (Å²) >= 11 is 2.31. The average molecular weight is 311 g/mol. The summed E-state index contributed by atoms with van der Waals surface area (Å²) in [4.78, 5) is 27.4. The Kier molecular flexibility index (Phi) is 4.15. The van der Waals surface area contributed by atoms with Gasteiger partial charge in [0.15, 0.2) is 0 Å². The summed E-state index contributed by atoms with van der Waals surface area (Å²) in [7, 11) is 0. The maximum absolute atomic E-state index is 12.1. The third-order valence-electron chi connectivity index (χ3n) is 2.72. The summed E-state index contributed by atoms with van der Waals surface area (Å²) in [6.45, 7) is 5.19. The molecule has 2 aromatic rings. The van der Waals surface area contributed by atoms with Crippen LogP contribution in [0.15, 0.2) is 5.38 Å². The van der Waals surface area contributed by atoms with E-state index in [1.807, 2.05) is 0 Å². The zero-order valence-corrected chi connectivity index (χ0v) is 12.8. The van der Waals surface area contributed by atoms with Crippen molar-refractivity contribution >= 4 is 34.7 Å². The van der Waals surface area contributed by atoms with Crippen LogP contribution in [-0.2, 0) is 0 Å². The second kappa shape index (κ2) is 5.68. The summed E-state index contributed by atoms with van der Waals surface area (Å²) in [5.74, 6) is -1.23. The van der Waals surface area contributed by atoms with Crippen LogP contribution in [0.25, 0.3) is 0 Å². The molecule has 8 heteroatoms. The van der Waals surface area contributed by atoms with Crippen LogP contribution in [0.4, 0.5) is 0 Å². The summed E-state index contributed by atoms with van der Waals surface area (Å²) in [5, 5.41) is 14.1. The second-order valence-corrected chi connectivity index (χ2v) is 5.94. The van der Waals surface area contributed by atoms with E-state index in [1.165, 1.54) is 11.5 Å². The Morgan fingerprint density at radius 2 is 2.05 bits per heavy atom. The minimum Gasteiger partial charge on any atom is -0.477 e. The van der Waals surface area contributed by atoms with Gasteiger partial charge in [-0.2, -0.15) is 4.37 Å². The lowest BCUT2D eigenvalue weighted by atomic mass is 10.2. The number of hydrogen-bond acceptors (Lipinski definition) is 6. The van der Waals surface area contributed by atoms with E-state index in [2.05, 4.69) is 14.7 Å². The standard InChI is InChI=1S/C12H13N3O3S2/c1-5-8(4-19-15-5)10(16)13-7(3)11-14-6(2)9(20-11)12(17)18/h4,7H,1-3H3,(H,13,16)(H,17,18). The molecule has 1 amide bonds. The summed E-state index contributed by atoms with van der Waals surface area (Å²) in [6.07, 6.45) is 0. The van der Waals surface area contributed by atoms with Crippen molar-refractivity contribution in [2.75, 3.05) is 0 Å². The molecule has 0 bridgehead atoms. The molecule has 0 aliphatic rings. The van der Waals surface area contributed by atoms with Gasteiger partial charge in [-0.15, -0.1) is 11.3 Å². The van der Waals surface area contributed by atoms with Gasteiger partial charge in [-0.1, -0.05) is 0 Å². The van der Waals surface area contributed by atoms with Crippen molar-refractivity contribution in [2.24, 2.45) is 0 Å². The lowest BCUT2D eigenvalue weighted by Crippen LogP contribution is -2.26. The maximum atomic E-state index is 12.1. The number of aromatic carboxylic acids is 1. The number of carboxylic acid groups (broad SMARTS) is 1. The second-order valence-electron chi connectivity index (χ2n) is 4.28. The number of nitrogens with zero attached hydrogens (tertiary/aromatic N) is 2. The molecule has 2 heterocycles. The molecule has 0 aliphatic carbocycles. The van der Waals surface area contributed by atoms with Crippen LogP contribution in [0.2, 0.25) is 0 Å². The molecule has 2 N–H and O–H groups in total. The van der Waals surface area contributed by atoms with Crippen molar-refractivity contribution in [3.8, 4) is 0 Å². The fraction of sp³-hybridized carbons (Fsp3) is 0.333. The van der Waals surface area contributed by atoms with Gasteiger partial charge in [0.2, 0.25) is 0 Å². The Morgan fingerprint density at radius 1 is 1.35 bits per heavy atom. The van der Waals surface area contributed by atoms with E-state index in [-0.39, 0.29) is 16.8 Å². The minimum atomic E-state index is -0.998. The predicted octanol–water partition coefficient (Wildman–Crippen LogP) is 2.41. The van der Waals surface area contributed by atoms with Gasteiger partial charge in [-0.3, -0.25) is 4.79 Å². The molecule has 106 valence electrons. The molecule has 0 saturated heterocycles. The van der Waals surface area contributed by atoms with Crippen LogP contribution in [0.5, 0.6) is 0 Å². The number of carboxylic acids is 1. The molecule has 0 aliphatic heterocycles. The predicted molar refractivity (Wildman–Crippen MR) is 76.5 cm³/mol. The first-order valence-corrected chi connectivity index (χ1v) is 7.48. The number of carbonyl (C=O) groups excluding carboxylic acids is 1. The van der Waals surface area contributed by atoms with E-state index >= 15 is 0 Å². The Morgan fingerprint density at radius 3 is 2.55 bits per heavy atom. The topological polar surface area (TPSA) is 92.2 Å². The van der Waals surface area contributed by atoms with Crippen molar-refractivity contribution in [1.29, 1.82) is 0 Å². The first kappa shape index (κ1) is 14.6. The summed E-state index contributed by atoms with van der Waals surface area (Å²) in [5.41, 5.74) is 1.68. The number of amides is 1. The van der Waals surface area contributed by atoms with Crippen LogP contribution in [0.3, 0.4) is 0 Å². The van der Waals surface area contributed by atoms with Crippen LogP contribution < -0.4 is 5.32 Å². The van der Waals surface area contributed by atoms with Crippen LogP contribution in [0.1, 0.15) is 49.4 Å².